The van der Waals surface area contributed by atoms with Crippen LogP contribution in [-0.2, 0) is 20.7 Å². The van der Waals surface area contributed by atoms with Crippen molar-refractivity contribution in [2.45, 2.75) is 44.6 Å². The van der Waals surface area contributed by atoms with Crippen LogP contribution in [0.5, 0.6) is 0 Å². The van der Waals surface area contributed by atoms with Crippen molar-refractivity contribution < 1.29 is 14.3 Å². The van der Waals surface area contributed by atoms with Gasteiger partial charge in [0.1, 0.15) is 17.8 Å². The van der Waals surface area contributed by atoms with E-state index < -0.39 is 5.60 Å². The molecule has 1 fully saturated rings. The zero-order chi connectivity index (χ0) is 13.0. The molecule has 1 aromatic carbocycles. The van der Waals surface area contributed by atoms with Crippen molar-refractivity contribution in [1.29, 1.82) is 0 Å². The lowest BCUT2D eigenvalue weighted by atomic mass is 9.83. The third-order valence-electron chi connectivity index (χ3n) is 3.27. The van der Waals surface area contributed by atoms with Crippen molar-refractivity contribution in [3.63, 3.8) is 0 Å². The molecule has 1 aliphatic heterocycles. The Morgan fingerprint density at radius 1 is 1.22 bits per heavy atom. The van der Waals surface area contributed by atoms with Crippen molar-refractivity contribution in [2.24, 2.45) is 0 Å². The van der Waals surface area contributed by atoms with Gasteiger partial charge in [-0.3, -0.25) is 9.59 Å². The third kappa shape index (κ3) is 2.97. The SMILES string of the molecule is CCCC1(Cc2ccccc2)CC(=O)CC(=O)O1. The molecule has 1 atom stereocenters. The van der Waals surface area contributed by atoms with Gasteiger partial charge in [0.15, 0.2) is 0 Å². The summed E-state index contributed by atoms with van der Waals surface area (Å²) in [5.41, 5.74) is 0.483. The first-order valence-electron chi connectivity index (χ1n) is 6.41. The average Bonchev–Trinajstić information content (AvgIpc) is 2.28. The van der Waals surface area contributed by atoms with Crippen LogP contribution in [0.2, 0.25) is 0 Å². The standard InChI is InChI=1S/C15H18O3/c1-2-8-15(10-12-6-4-3-5-7-12)11-13(16)9-14(17)18-15/h3-7H,2,8-11H2,1H3. The van der Waals surface area contributed by atoms with Gasteiger partial charge in [-0.15, -0.1) is 0 Å². The number of hydrogen-bond donors (Lipinski definition) is 0. The Hall–Kier alpha value is -1.64. The number of carbonyl (C=O) groups is 2. The molecule has 2 rings (SSSR count). The number of esters is 1. The molecule has 1 unspecified atom stereocenters. The maximum atomic E-state index is 11.7. The number of ether oxygens (including phenoxy) is 1. The van der Waals surface area contributed by atoms with Gasteiger partial charge in [0.05, 0.1) is 0 Å². The largest absolute Gasteiger partial charge is 0.458 e. The van der Waals surface area contributed by atoms with Gasteiger partial charge in [-0.2, -0.15) is 0 Å². The second kappa shape index (κ2) is 5.34. The Kier molecular flexibility index (Phi) is 3.80. The van der Waals surface area contributed by atoms with Gasteiger partial charge >= 0.3 is 5.97 Å². The number of cyclic esters (lactones) is 1. The van der Waals surface area contributed by atoms with Gasteiger partial charge in [0, 0.05) is 12.8 Å². The minimum absolute atomic E-state index is 0.00405. The van der Waals surface area contributed by atoms with Crippen LogP contribution in [0.4, 0.5) is 0 Å². The molecular formula is C15H18O3. The summed E-state index contributed by atoms with van der Waals surface area (Å²) < 4.78 is 5.53. The second-order valence-corrected chi connectivity index (χ2v) is 4.96. The molecule has 3 heteroatoms. The van der Waals surface area contributed by atoms with E-state index in [9.17, 15) is 9.59 Å². The Balaban J connectivity index is 2.21. The van der Waals surface area contributed by atoms with Gasteiger partial charge in [-0.1, -0.05) is 43.7 Å². The van der Waals surface area contributed by atoms with Gasteiger partial charge in [0.25, 0.3) is 0 Å². The average molecular weight is 246 g/mol. The van der Waals surface area contributed by atoms with Crippen molar-refractivity contribution >= 4 is 11.8 Å². The predicted molar refractivity (Wildman–Crippen MR) is 68.1 cm³/mol. The van der Waals surface area contributed by atoms with Gasteiger partial charge < -0.3 is 4.74 Å². The fourth-order valence-corrected chi connectivity index (χ4v) is 2.65. The quantitative estimate of drug-likeness (QED) is 0.606. The van der Waals surface area contributed by atoms with Crippen molar-refractivity contribution in [2.75, 3.05) is 0 Å². The van der Waals surface area contributed by atoms with Crippen LogP contribution in [0.25, 0.3) is 0 Å². The van der Waals surface area contributed by atoms with Crippen LogP contribution in [-0.4, -0.2) is 17.4 Å². The smallest absolute Gasteiger partial charge is 0.313 e. The third-order valence-corrected chi connectivity index (χ3v) is 3.27. The molecule has 0 amide bonds. The van der Waals surface area contributed by atoms with Crippen molar-refractivity contribution in [1.82, 2.24) is 0 Å². The van der Waals surface area contributed by atoms with Gasteiger partial charge in [-0.05, 0) is 12.0 Å². The lowest BCUT2D eigenvalue weighted by Gasteiger charge is -2.36. The van der Waals surface area contributed by atoms with E-state index >= 15 is 0 Å². The predicted octanol–water partition coefficient (Wildman–Crippen LogP) is 2.67. The molecule has 96 valence electrons. The van der Waals surface area contributed by atoms with E-state index in [1.54, 1.807) is 0 Å². The lowest BCUT2D eigenvalue weighted by Crippen LogP contribution is -2.44. The normalized spacial score (nSPS) is 23.8. The molecule has 3 nitrogen and oxygen atoms in total. The molecule has 1 aliphatic rings. The molecule has 0 N–H and O–H groups in total. The molecule has 0 spiro atoms. The number of benzene rings is 1. The Bertz CT molecular complexity index is 420. The molecule has 0 aliphatic carbocycles. The molecule has 0 saturated carbocycles. The summed E-state index contributed by atoms with van der Waals surface area (Å²) >= 11 is 0. The molecular weight excluding hydrogens is 228 g/mol. The number of carbonyl (C=O) groups excluding carboxylic acids is 2. The maximum absolute atomic E-state index is 11.7. The zero-order valence-corrected chi connectivity index (χ0v) is 10.6. The molecule has 0 aromatic heterocycles. The van der Waals surface area contributed by atoms with Crippen LogP contribution in [0.1, 0.15) is 38.2 Å². The fourth-order valence-electron chi connectivity index (χ4n) is 2.65. The second-order valence-electron chi connectivity index (χ2n) is 4.96. The summed E-state index contributed by atoms with van der Waals surface area (Å²) in [5.74, 6) is -0.383. The number of ketones is 1. The minimum atomic E-state index is -0.622. The molecule has 18 heavy (non-hydrogen) atoms. The van der Waals surface area contributed by atoms with Crippen molar-refractivity contribution in [3.05, 3.63) is 35.9 Å². The molecule has 0 radical (unpaired) electrons. The monoisotopic (exact) mass is 246 g/mol. The van der Waals surface area contributed by atoms with E-state index in [1.807, 2.05) is 37.3 Å². The van der Waals surface area contributed by atoms with E-state index in [2.05, 4.69) is 0 Å². The first-order chi connectivity index (χ1) is 8.63. The molecule has 1 heterocycles. The van der Waals surface area contributed by atoms with E-state index in [0.29, 0.717) is 12.8 Å². The van der Waals surface area contributed by atoms with Crippen molar-refractivity contribution in [3.8, 4) is 0 Å². The van der Waals surface area contributed by atoms with E-state index in [0.717, 1.165) is 18.4 Å². The van der Waals surface area contributed by atoms with Crippen LogP contribution in [0.15, 0.2) is 30.3 Å². The molecule has 1 saturated heterocycles. The lowest BCUT2D eigenvalue weighted by molar-refractivity contribution is -0.171. The Labute approximate surface area is 107 Å². The summed E-state index contributed by atoms with van der Waals surface area (Å²) in [6.07, 6.45) is 2.54. The Morgan fingerprint density at radius 2 is 1.94 bits per heavy atom. The first-order valence-corrected chi connectivity index (χ1v) is 6.41. The summed E-state index contributed by atoms with van der Waals surface area (Å²) in [6.45, 7) is 2.04. The summed E-state index contributed by atoms with van der Waals surface area (Å²) in [5, 5.41) is 0. The van der Waals surface area contributed by atoms with Gasteiger partial charge in [-0.25, -0.2) is 0 Å². The van der Waals surface area contributed by atoms with E-state index in [4.69, 9.17) is 4.74 Å². The maximum Gasteiger partial charge on any atom is 0.313 e. The number of rotatable bonds is 4. The minimum Gasteiger partial charge on any atom is -0.458 e. The van der Waals surface area contributed by atoms with Crippen LogP contribution < -0.4 is 0 Å². The van der Waals surface area contributed by atoms with Gasteiger partial charge in [0.2, 0.25) is 0 Å². The van der Waals surface area contributed by atoms with Crippen LogP contribution in [0, 0.1) is 0 Å². The fraction of sp³-hybridized carbons (Fsp3) is 0.467. The van der Waals surface area contributed by atoms with E-state index in [-0.39, 0.29) is 18.2 Å². The highest BCUT2D eigenvalue weighted by atomic mass is 16.6. The molecule has 1 aromatic rings. The number of hydrogen-bond acceptors (Lipinski definition) is 3. The summed E-state index contributed by atoms with van der Waals surface area (Å²) in [6, 6.07) is 9.88. The molecule has 0 bridgehead atoms. The first kappa shape index (κ1) is 12.8. The highest BCUT2D eigenvalue weighted by molar-refractivity contribution is 5.98. The highest BCUT2D eigenvalue weighted by Gasteiger charge is 2.40. The summed E-state index contributed by atoms with van der Waals surface area (Å²) in [7, 11) is 0. The topological polar surface area (TPSA) is 43.4 Å². The number of Topliss-reactive ketones (excluding diaryl/α,β-unsaturated/α-hetero) is 1. The Morgan fingerprint density at radius 3 is 2.56 bits per heavy atom. The zero-order valence-electron chi connectivity index (χ0n) is 10.6. The highest BCUT2D eigenvalue weighted by Crippen LogP contribution is 2.32. The summed E-state index contributed by atoms with van der Waals surface area (Å²) in [4.78, 5) is 23.2. The van der Waals surface area contributed by atoms with Crippen LogP contribution in [0.3, 0.4) is 0 Å². The van der Waals surface area contributed by atoms with E-state index in [1.165, 1.54) is 0 Å². The van der Waals surface area contributed by atoms with Crippen LogP contribution >= 0.6 is 0 Å².